The average molecular weight is 133 g/mol. The Morgan fingerprint density at radius 2 is 2.22 bits per heavy atom. The van der Waals surface area contributed by atoms with Crippen molar-refractivity contribution >= 4 is 5.91 Å². The molecule has 1 amide bonds. The molecule has 0 saturated carbocycles. The lowest BCUT2D eigenvalue weighted by atomic mass is 10.2. The maximum Gasteiger partial charge on any atom is 0.238 e. The molecule has 0 aromatic heterocycles. The minimum Gasteiger partial charge on any atom is -0.391 e. The maximum atomic E-state index is 10.3. The van der Waals surface area contributed by atoms with E-state index in [2.05, 4.69) is 5.43 Å². The minimum atomic E-state index is -0.856. The van der Waals surface area contributed by atoms with Gasteiger partial charge in [-0.05, 0) is 6.92 Å². The molecule has 0 aromatic carbocycles. The van der Waals surface area contributed by atoms with Gasteiger partial charge >= 0.3 is 0 Å². The van der Waals surface area contributed by atoms with E-state index >= 15 is 0 Å². The van der Waals surface area contributed by atoms with Crippen LogP contribution in [-0.4, -0.2) is 23.2 Å². The van der Waals surface area contributed by atoms with Gasteiger partial charge in [-0.25, -0.2) is 5.43 Å². The molecule has 0 aromatic rings. The van der Waals surface area contributed by atoms with Crippen molar-refractivity contribution < 1.29 is 9.90 Å². The fourth-order valence-electron chi connectivity index (χ4n) is 0.459. The summed E-state index contributed by atoms with van der Waals surface area (Å²) in [5.41, 5.74) is 6.88. The fourth-order valence-corrected chi connectivity index (χ4v) is 0.459. The number of nitrogens with one attached hydrogen (secondary N) is 1. The van der Waals surface area contributed by atoms with E-state index in [4.69, 9.17) is 16.7 Å². The fraction of sp³-hybridized carbons (Fsp3) is 0.750. The first-order chi connectivity index (χ1) is 4.09. The Hall–Kier alpha value is -0.650. The molecular weight excluding hydrogens is 122 g/mol. The van der Waals surface area contributed by atoms with Gasteiger partial charge in [0.1, 0.15) is 6.04 Å². The summed E-state index contributed by atoms with van der Waals surface area (Å²) < 4.78 is 0. The molecule has 0 fully saturated rings. The molecule has 0 bridgehead atoms. The number of aliphatic hydroxyl groups is 1. The number of hydrogen-bond donors (Lipinski definition) is 4. The van der Waals surface area contributed by atoms with Crippen LogP contribution in [0.2, 0.25) is 0 Å². The van der Waals surface area contributed by atoms with Crippen molar-refractivity contribution in [3.05, 3.63) is 0 Å². The first-order valence-electron chi connectivity index (χ1n) is 2.53. The molecule has 0 saturated heterocycles. The molecule has 6 N–H and O–H groups in total. The highest BCUT2D eigenvalue weighted by Gasteiger charge is 2.18. The van der Waals surface area contributed by atoms with Gasteiger partial charge in [-0.3, -0.25) is 10.6 Å². The van der Waals surface area contributed by atoms with Crippen molar-refractivity contribution in [1.82, 2.24) is 5.43 Å². The highest BCUT2D eigenvalue weighted by atomic mass is 16.3. The number of rotatable bonds is 3. The molecule has 0 aliphatic rings. The van der Waals surface area contributed by atoms with Crippen molar-refractivity contribution in [2.24, 2.45) is 11.6 Å². The van der Waals surface area contributed by atoms with Crippen molar-refractivity contribution in [3.63, 3.8) is 0 Å². The third-order valence-corrected chi connectivity index (χ3v) is 0.968. The van der Waals surface area contributed by atoms with E-state index in [0.717, 1.165) is 0 Å². The zero-order valence-corrected chi connectivity index (χ0v) is 5.16. The predicted octanol–water partition coefficient (Wildman–Crippen LogP) is -2.32. The van der Waals surface area contributed by atoms with Gasteiger partial charge in [0.2, 0.25) is 5.91 Å². The second-order valence-electron chi connectivity index (χ2n) is 1.79. The number of carbonyl (C=O) groups is 1. The number of aliphatic hydroxyl groups excluding tert-OH is 1. The first-order valence-corrected chi connectivity index (χ1v) is 2.53. The van der Waals surface area contributed by atoms with Crippen molar-refractivity contribution in [2.75, 3.05) is 0 Å². The van der Waals surface area contributed by atoms with E-state index in [1.165, 1.54) is 6.92 Å². The summed E-state index contributed by atoms with van der Waals surface area (Å²) in [5, 5.41) is 8.74. The van der Waals surface area contributed by atoms with Crippen molar-refractivity contribution in [1.29, 1.82) is 0 Å². The summed E-state index contributed by atoms with van der Waals surface area (Å²) in [4.78, 5) is 10.3. The molecule has 0 spiro atoms. The van der Waals surface area contributed by atoms with Crippen LogP contribution in [0.1, 0.15) is 6.92 Å². The summed E-state index contributed by atoms with van der Waals surface area (Å²) in [6, 6.07) is -0.856. The van der Waals surface area contributed by atoms with E-state index < -0.39 is 18.1 Å². The lowest BCUT2D eigenvalue weighted by Crippen LogP contribution is -2.51. The summed E-state index contributed by atoms with van der Waals surface area (Å²) in [6.45, 7) is 1.43. The smallest absolute Gasteiger partial charge is 0.238 e. The number of amides is 1. The number of primary amides is 1. The van der Waals surface area contributed by atoms with Crippen molar-refractivity contribution in [3.8, 4) is 0 Å². The Balaban J connectivity index is 3.83. The third kappa shape index (κ3) is 2.41. The number of carbonyl (C=O) groups excluding carboxylic acids is 1. The monoisotopic (exact) mass is 133 g/mol. The Morgan fingerprint density at radius 3 is 2.22 bits per heavy atom. The van der Waals surface area contributed by atoms with Gasteiger partial charge in [-0.2, -0.15) is 0 Å². The third-order valence-electron chi connectivity index (χ3n) is 0.968. The molecule has 0 heterocycles. The zero-order chi connectivity index (χ0) is 7.44. The van der Waals surface area contributed by atoms with Crippen molar-refractivity contribution in [2.45, 2.75) is 19.1 Å². The van der Waals surface area contributed by atoms with Crippen LogP contribution >= 0.6 is 0 Å². The topological polar surface area (TPSA) is 101 Å². The molecule has 2 atom stereocenters. The van der Waals surface area contributed by atoms with E-state index in [-0.39, 0.29) is 0 Å². The van der Waals surface area contributed by atoms with Crippen LogP contribution in [0.3, 0.4) is 0 Å². The summed E-state index contributed by atoms with van der Waals surface area (Å²) in [6.07, 6.45) is -0.854. The molecule has 9 heavy (non-hydrogen) atoms. The summed E-state index contributed by atoms with van der Waals surface area (Å²) in [5.74, 6) is 4.20. The first kappa shape index (κ1) is 8.35. The quantitative estimate of drug-likeness (QED) is 0.256. The molecule has 54 valence electrons. The van der Waals surface area contributed by atoms with Crippen LogP contribution in [0.5, 0.6) is 0 Å². The molecule has 0 aliphatic heterocycles. The Bertz CT molecular complexity index is 104. The van der Waals surface area contributed by atoms with E-state index in [0.29, 0.717) is 0 Å². The van der Waals surface area contributed by atoms with Crippen LogP contribution < -0.4 is 17.0 Å². The van der Waals surface area contributed by atoms with Crippen LogP contribution in [0.15, 0.2) is 0 Å². The average Bonchev–Trinajstić information content (AvgIpc) is 1.64. The molecule has 0 unspecified atom stereocenters. The molecule has 0 aliphatic carbocycles. The maximum absolute atomic E-state index is 10.3. The van der Waals surface area contributed by atoms with Gasteiger partial charge in [-0.1, -0.05) is 0 Å². The number of nitrogens with two attached hydrogens (primary N) is 2. The van der Waals surface area contributed by atoms with E-state index in [1.54, 1.807) is 0 Å². The van der Waals surface area contributed by atoms with E-state index in [1.807, 2.05) is 0 Å². The van der Waals surface area contributed by atoms with Crippen LogP contribution in [0.4, 0.5) is 0 Å². The van der Waals surface area contributed by atoms with Gasteiger partial charge < -0.3 is 10.8 Å². The minimum absolute atomic E-state index is 0.660. The Morgan fingerprint density at radius 1 is 1.78 bits per heavy atom. The van der Waals surface area contributed by atoms with E-state index in [9.17, 15) is 4.79 Å². The normalized spacial score (nSPS) is 16.8. The van der Waals surface area contributed by atoms with Crippen LogP contribution in [0, 0.1) is 0 Å². The molecule has 5 nitrogen and oxygen atoms in total. The molecular formula is C4H11N3O2. The van der Waals surface area contributed by atoms with Gasteiger partial charge in [0.25, 0.3) is 0 Å². The predicted molar refractivity (Wildman–Crippen MR) is 32.0 cm³/mol. The van der Waals surface area contributed by atoms with Gasteiger partial charge in [0.05, 0.1) is 6.10 Å². The lowest BCUT2D eigenvalue weighted by molar-refractivity contribution is -0.122. The van der Waals surface area contributed by atoms with Crippen LogP contribution in [0.25, 0.3) is 0 Å². The lowest BCUT2D eigenvalue weighted by Gasteiger charge is -2.13. The van der Waals surface area contributed by atoms with Gasteiger partial charge in [0, 0.05) is 0 Å². The molecule has 0 rings (SSSR count). The largest absolute Gasteiger partial charge is 0.391 e. The number of hydrogen-bond acceptors (Lipinski definition) is 4. The Labute approximate surface area is 53.0 Å². The second kappa shape index (κ2) is 3.39. The number of hydrazine groups is 1. The highest BCUT2D eigenvalue weighted by molar-refractivity contribution is 5.80. The summed E-state index contributed by atoms with van der Waals surface area (Å²) in [7, 11) is 0. The summed E-state index contributed by atoms with van der Waals surface area (Å²) >= 11 is 0. The molecule has 5 heteroatoms. The standard InChI is InChI=1S/C4H11N3O2/c1-2(8)3(7-6)4(5)9/h2-3,7-8H,6H2,1H3,(H2,5,9)/t2-,3+/m1/s1. The SMILES string of the molecule is C[C@@H](O)[C@H](NN)C(N)=O. The molecule has 0 radical (unpaired) electrons. The van der Waals surface area contributed by atoms with Crippen LogP contribution in [-0.2, 0) is 4.79 Å². The zero-order valence-electron chi connectivity index (χ0n) is 5.16. The second-order valence-corrected chi connectivity index (χ2v) is 1.79. The van der Waals surface area contributed by atoms with Gasteiger partial charge in [0.15, 0.2) is 0 Å². The Kier molecular flexibility index (Phi) is 3.15. The highest BCUT2D eigenvalue weighted by Crippen LogP contribution is 1.87. The van der Waals surface area contributed by atoms with Gasteiger partial charge in [-0.15, -0.1) is 0 Å².